The molecule has 18 heavy (non-hydrogen) atoms. The standard InChI is InChI=1S/C12H14N2O4/c1-8-6-4-5-7-9(8)13-14-10(11(15)17-2)12(16)18-3/h4-7,13H,1-3H3. The Balaban J connectivity index is 2.94. The number of methoxy groups -OCH3 is 2. The van der Waals surface area contributed by atoms with Gasteiger partial charge in [0.2, 0.25) is 0 Å². The van der Waals surface area contributed by atoms with Crippen LogP contribution in [0.2, 0.25) is 0 Å². The zero-order chi connectivity index (χ0) is 13.5. The minimum absolute atomic E-state index is 0.441. The van der Waals surface area contributed by atoms with Gasteiger partial charge in [0.15, 0.2) is 0 Å². The summed E-state index contributed by atoms with van der Waals surface area (Å²) in [5.41, 5.74) is 3.80. The summed E-state index contributed by atoms with van der Waals surface area (Å²) in [5.74, 6) is -1.72. The third-order valence-corrected chi connectivity index (χ3v) is 2.19. The normalized spacial score (nSPS) is 9.28. The van der Waals surface area contributed by atoms with Crippen LogP contribution in [0.25, 0.3) is 0 Å². The fraction of sp³-hybridized carbons (Fsp3) is 0.250. The third-order valence-electron chi connectivity index (χ3n) is 2.19. The number of benzene rings is 1. The van der Waals surface area contributed by atoms with Crippen molar-refractivity contribution in [1.82, 2.24) is 0 Å². The van der Waals surface area contributed by atoms with Crippen LogP contribution in [0.15, 0.2) is 29.4 Å². The Labute approximate surface area is 105 Å². The molecule has 0 aliphatic heterocycles. The number of nitrogens with zero attached hydrogens (tertiary/aromatic N) is 1. The number of hydrazone groups is 1. The molecular formula is C12H14N2O4. The average molecular weight is 250 g/mol. The molecule has 0 atom stereocenters. The van der Waals surface area contributed by atoms with E-state index in [1.165, 1.54) is 0 Å². The summed E-state index contributed by atoms with van der Waals surface area (Å²) in [4.78, 5) is 22.6. The van der Waals surface area contributed by atoms with E-state index in [-0.39, 0.29) is 0 Å². The Bertz CT molecular complexity index is 465. The number of para-hydroxylation sites is 1. The highest BCUT2D eigenvalue weighted by Crippen LogP contribution is 2.12. The van der Waals surface area contributed by atoms with Gasteiger partial charge in [0.25, 0.3) is 5.71 Å². The molecule has 1 rings (SSSR count). The first-order valence-corrected chi connectivity index (χ1v) is 5.16. The summed E-state index contributed by atoms with van der Waals surface area (Å²) in [5, 5.41) is 3.71. The molecule has 0 aliphatic rings. The SMILES string of the molecule is COC(=O)C(=NNc1ccccc1C)C(=O)OC. The molecule has 1 aromatic rings. The fourth-order valence-corrected chi connectivity index (χ4v) is 1.18. The molecule has 1 aromatic carbocycles. The molecule has 0 aromatic heterocycles. The topological polar surface area (TPSA) is 77.0 Å². The van der Waals surface area contributed by atoms with Gasteiger partial charge in [0.1, 0.15) is 0 Å². The van der Waals surface area contributed by atoms with E-state index in [0.29, 0.717) is 5.69 Å². The van der Waals surface area contributed by atoms with Crippen molar-refractivity contribution < 1.29 is 19.1 Å². The maximum absolute atomic E-state index is 11.3. The van der Waals surface area contributed by atoms with Crippen molar-refractivity contribution in [3.05, 3.63) is 29.8 Å². The van der Waals surface area contributed by atoms with Gasteiger partial charge in [0.05, 0.1) is 19.9 Å². The van der Waals surface area contributed by atoms with E-state index in [1.54, 1.807) is 12.1 Å². The lowest BCUT2D eigenvalue weighted by Gasteiger charge is -2.06. The van der Waals surface area contributed by atoms with Crippen molar-refractivity contribution in [2.45, 2.75) is 6.92 Å². The van der Waals surface area contributed by atoms with Crippen LogP contribution in [0, 0.1) is 6.92 Å². The van der Waals surface area contributed by atoms with Crippen LogP contribution >= 0.6 is 0 Å². The van der Waals surface area contributed by atoms with Crippen LogP contribution in [-0.4, -0.2) is 31.9 Å². The third kappa shape index (κ3) is 3.31. The molecule has 6 heteroatoms. The molecule has 0 radical (unpaired) electrons. The summed E-state index contributed by atoms with van der Waals surface area (Å²) in [6, 6.07) is 7.31. The molecule has 1 N–H and O–H groups in total. The molecule has 0 fully saturated rings. The maximum Gasteiger partial charge on any atom is 0.366 e. The summed E-state index contributed by atoms with van der Waals surface area (Å²) in [6.07, 6.45) is 0. The van der Waals surface area contributed by atoms with Crippen molar-refractivity contribution >= 4 is 23.3 Å². The Morgan fingerprint density at radius 2 is 1.67 bits per heavy atom. The first-order valence-electron chi connectivity index (χ1n) is 5.16. The Morgan fingerprint density at radius 3 is 2.17 bits per heavy atom. The number of carbonyl (C=O) groups is 2. The molecule has 0 amide bonds. The monoisotopic (exact) mass is 250 g/mol. The number of anilines is 1. The molecule has 6 nitrogen and oxygen atoms in total. The quantitative estimate of drug-likeness (QED) is 0.375. The average Bonchev–Trinajstić information content (AvgIpc) is 2.40. The van der Waals surface area contributed by atoms with Crippen LogP contribution in [0.5, 0.6) is 0 Å². The summed E-state index contributed by atoms with van der Waals surface area (Å²) in [7, 11) is 2.32. The van der Waals surface area contributed by atoms with Gasteiger partial charge >= 0.3 is 11.9 Å². The molecule has 0 saturated carbocycles. The van der Waals surface area contributed by atoms with Crippen molar-refractivity contribution in [2.24, 2.45) is 5.10 Å². The molecule has 96 valence electrons. The second-order valence-corrected chi connectivity index (χ2v) is 3.37. The number of hydrogen-bond acceptors (Lipinski definition) is 6. The molecular weight excluding hydrogens is 236 g/mol. The first-order chi connectivity index (χ1) is 8.60. The smallest absolute Gasteiger partial charge is 0.366 e. The van der Waals surface area contributed by atoms with E-state index in [1.807, 2.05) is 19.1 Å². The lowest BCUT2D eigenvalue weighted by Crippen LogP contribution is -2.27. The second-order valence-electron chi connectivity index (χ2n) is 3.37. The zero-order valence-corrected chi connectivity index (χ0v) is 10.4. The second kappa shape index (κ2) is 6.39. The van der Waals surface area contributed by atoms with Crippen molar-refractivity contribution in [1.29, 1.82) is 0 Å². The van der Waals surface area contributed by atoms with Gasteiger partial charge in [0, 0.05) is 0 Å². The van der Waals surface area contributed by atoms with Gasteiger partial charge in [-0.05, 0) is 18.6 Å². The van der Waals surface area contributed by atoms with Gasteiger partial charge < -0.3 is 9.47 Å². The van der Waals surface area contributed by atoms with E-state index in [9.17, 15) is 9.59 Å². The zero-order valence-electron chi connectivity index (χ0n) is 10.4. The lowest BCUT2D eigenvalue weighted by atomic mass is 10.2. The highest BCUT2D eigenvalue weighted by molar-refractivity contribution is 6.62. The molecule has 0 unspecified atom stereocenters. The number of ether oxygens (including phenoxy) is 2. The lowest BCUT2D eigenvalue weighted by molar-refractivity contribution is -0.138. The van der Waals surface area contributed by atoms with Crippen molar-refractivity contribution in [3.63, 3.8) is 0 Å². The van der Waals surface area contributed by atoms with Crippen LogP contribution in [-0.2, 0) is 19.1 Å². The Morgan fingerprint density at radius 1 is 1.11 bits per heavy atom. The number of nitrogens with one attached hydrogen (secondary N) is 1. The van der Waals surface area contributed by atoms with Gasteiger partial charge in [-0.1, -0.05) is 18.2 Å². The van der Waals surface area contributed by atoms with E-state index < -0.39 is 17.7 Å². The number of rotatable bonds is 4. The first kappa shape index (κ1) is 13.7. The number of carbonyl (C=O) groups excluding carboxylic acids is 2. The Hall–Kier alpha value is -2.37. The summed E-state index contributed by atoms with van der Waals surface area (Å²) < 4.78 is 8.89. The van der Waals surface area contributed by atoms with Crippen LogP contribution < -0.4 is 5.43 Å². The minimum atomic E-state index is -0.858. The maximum atomic E-state index is 11.3. The fourth-order valence-electron chi connectivity index (χ4n) is 1.18. The molecule has 0 aliphatic carbocycles. The number of esters is 2. The van der Waals surface area contributed by atoms with E-state index >= 15 is 0 Å². The van der Waals surface area contributed by atoms with Gasteiger partial charge in [-0.3, -0.25) is 5.43 Å². The van der Waals surface area contributed by atoms with E-state index in [2.05, 4.69) is 20.0 Å². The van der Waals surface area contributed by atoms with E-state index in [0.717, 1.165) is 19.8 Å². The predicted octanol–water partition coefficient (Wildman–Crippen LogP) is 1.11. The van der Waals surface area contributed by atoms with Gasteiger partial charge in [-0.15, -0.1) is 0 Å². The molecule has 0 heterocycles. The summed E-state index contributed by atoms with van der Waals surface area (Å²) >= 11 is 0. The van der Waals surface area contributed by atoms with Crippen LogP contribution in [0.1, 0.15) is 5.56 Å². The molecule has 0 spiro atoms. The number of hydrogen-bond donors (Lipinski definition) is 1. The van der Waals surface area contributed by atoms with Crippen molar-refractivity contribution in [2.75, 3.05) is 19.6 Å². The van der Waals surface area contributed by atoms with Crippen LogP contribution in [0.3, 0.4) is 0 Å². The predicted molar refractivity (Wildman–Crippen MR) is 66.3 cm³/mol. The number of aryl methyl sites for hydroxylation is 1. The molecule has 0 saturated heterocycles. The van der Waals surface area contributed by atoms with E-state index in [4.69, 9.17) is 0 Å². The van der Waals surface area contributed by atoms with Crippen LogP contribution in [0.4, 0.5) is 5.69 Å². The van der Waals surface area contributed by atoms with Gasteiger partial charge in [-0.25, -0.2) is 9.59 Å². The van der Waals surface area contributed by atoms with Crippen molar-refractivity contribution in [3.8, 4) is 0 Å². The van der Waals surface area contributed by atoms with Gasteiger partial charge in [-0.2, -0.15) is 5.10 Å². The largest absolute Gasteiger partial charge is 0.464 e. The molecule has 0 bridgehead atoms. The summed E-state index contributed by atoms with van der Waals surface area (Å²) in [6.45, 7) is 1.87. The highest BCUT2D eigenvalue weighted by Gasteiger charge is 2.22. The minimum Gasteiger partial charge on any atom is -0.464 e. The highest BCUT2D eigenvalue weighted by atomic mass is 16.5. The Kier molecular flexibility index (Phi) is 4.86.